The molecule has 0 bridgehead atoms. The minimum atomic E-state index is -0.0786. The molecule has 0 amide bonds. The van der Waals surface area contributed by atoms with E-state index in [-0.39, 0.29) is 5.78 Å². The Balaban J connectivity index is 2.11. The molecule has 0 saturated carbocycles. The molecule has 2 aromatic rings. The van der Waals surface area contributed by atoms with E-state index in [1.807, 2.05) is 12.1 Å². The van der Waals surface area contributed by atoms with Crippen molar-refractivity contribution in [3.8, 4) is 0 Å². The maximum Gasteiger partial charge on any atom is 0.204 e. The third-order valence-corrected chi connectivity index (χ3v) is 3.50. The van der Waals surface area contributed by atoms with Gasteiger partial charge in [0.05, 0.1) is 3.79 Å². The molecule has 2 nitrogen and oxygen atoms in total. The summed E-state index contributed by atoms with van der Waals surface area (Å²) in [5, 5.41) is 0. The molecule has 0 unspecified atom stereocenters. The van der Waals surface area contributed by atoms with Crippen LogP contribution in [0.15, 0.2) is 46.4 Å². The molecular weight excluding hydrogens is 286 g/mol. The minimum absolute atomic E-state index is 0.0786. The Morgan fingerprint density at radius 2 is 2.19 bits per heavy atom. The number of pyridine rings is 1. The number of rotatable bonds is 3. The summed E-state index contributed by atoms with van der Waals surface area (Å²) < 4.78 is 1.05. The second kappa shape index (κ2) is 5.18. The van der Waals surface area contributed by atoms with Crippen LogP contribution in [0.1, 0.15) is 15.4 Å². The molecule has 0 N–H and O–H groups in total. The van der Waals surface area contributed by atoms with Gasteiger partial charge in [0, 0.05) is 11.1 Å². The average Bonchev–Trinajstić information content (AvgIpc) is 2.73. The van der Waals surface area contributed by atoms with E-state index < -0.39 is 0 Å². The van der Waals surface area contributed by atoms with Gasteiger partial charge in [-0.2, -0.15) is 0 Å². The van der Waals surface area contributed by atoms with E-state index in [0.29, 0.717) is 5.69 Å². The molecule has 0 radical (unpaired) electrons. The predicted molar refractivity (Wildman–Crippen MR) is 69.6 cm³/mol. The second-order valence-corrected chi connectivity index (χ2v) is 5.55. The van der Waals surface area contributed by atoms with Crippen molar-refractivity contribution in [2.45, 2.75) is 0 Å². The smallest absolute Gasteiger partial charge is 0.204 e. The van der Waals surface area contributed by atoms with Crippen LogP contribution in [0, 0.1) is 0 Å². The summed E-state index contributed by atoms with van der Waals surface area (Å²) in [6, 6.07) is 9.20. The summed E-state index contributed by atoms with van der Waals surface area (Å²) in [4.78, 5) is 16.7. The fourth-order valence-electron chi connectivity index (χ4n) is 1.17. The molecule has 80 valence electrons. The molecule has 0 atom stereocenters. The first-order valence-corrected chi connectivity index (χ1v) is 6.25. The number of thiophene rings is 1. The van der Waals surface area contributed by atoms with E-state index in [1.54, 1.807) is 47.9 Å². The maximum absolute atomic E-state index is 11.7. The van der Waals surface area contributed by atoms with E-state index in [2.05, 4.69) is 20.9 Å². The fourth-order valence-corrected chi connectivity index (χ4v) is 2.50. The third kappa shape index (κ3) is 2.87. The summed E-state index contributed by atoms with van der Waals surface area (Å²) in [5.41, 5.74) is 0.467. The van der Waals surface area contributed by atoms with Gasteiger partial charge in [-0.05, 0) is 52.3 Å². The minimum Gasteiger partial charge on any atom is -0.288 e. The van der Waals surface area contributed by atoms with Crippen LogP contribution in [0.25, 0.3) is 6.08 Å². The van der Waals surface area contributed by atoms with Gasteiger partial charge in [0.25, 0.3) is 0 Å². The van der Waals surface area contributed by atoms with Gasteiger partial charge in [0.1, 0.15) is 5.69 Å². The van der Waals surface area contributed by atoms with Crippen LogP contribution in [-0.2, 0) is 0 Å². The molecule has 2 heterocycles. The van der Waals surface area contributed by atoms with Gasteiger partial charge in [-0.25, -0.2) is 0 Å². The van der Waals surface area contributed by atoms with E-state index in [0.717, 1.165) is 8.66 Å². The quantitative estimate of drug-likeness (QED) is 0.636. The Labute approximate surface area is 106 Å². The highest BCUT2D eigenvalue weighted by Crippen LogP contribution is 2.23. The number of hydrogen-bond donors (Lipinski definition) is 0. The number of allylic oxidation sites excluding steroid dienone is 1. The summed E-state index contributed by atoms with van der Waals surface area (Å²) >= 11 is 4.95. The summed E-state index contributed by atoms with van der Waals surface area (Å²) in [6.07, 6.45) is 4.95. The molecule has 16 heavy (non-hydrogen) atoms. The van der Waals surface area contributed by atoms with Crippen LogP contribution < -0.4 is 0 Å². The highest BCUT2D eigenvalue weighted by molar-refractivity contribution is 9.11. The maximum atomic E-state index is 11.7. The molecule has 4 heteroatoms. The average molecular weight is 294 g/mol. The van der Waals surface area contributed by atoms with Crippen molar-refractivity contribution in [1.82, 2.24) is 4.98 Å². The van der Waals surface area contributed by atoms with Gasteiger partial charge >= 0.3 is 0 Å². The first kappa shape index (κ1) is 11.2. The van der Waals surface area contributed by atoms with Gasteiger partial charge in [0.2, 0.25) is 5.78 Å². The van der Waals surface area contributed by atoms with E-state index in [1.165, 1.54) is 0 Å². The summed E-state index contributed by atoms with van der Waals surface area (Å²) in [7, 11) is 0. The molecule has 0 saturated heterocycles. The van der Waals surface area contributed by atoms with Gasteiger partial charge in [-0.1, -0.05) is 6.07 Å². The van der Waals surface area contributed by atoms with Crippen LogP contribution in [-0.4, -0.2) is 10.8 Å². The standard InChI is InChI=1S/C12H8BrNOS/c13-12-7-5-9(16-12)4-6-11(15)10-3-1-2-8-14-10/h1-8H/b6-4+. The zero-order valence-corrected chi connectivity index (χ0v) is 10.7. The van der Waals surface area contributed by atoms with Gasteiger partial charge in [-0.3, -0.25) is 9.78 Å². The Hall–Kier alpha value is -1.26. The molecule has 2 rings (SSSR count). The van der Waals surface area contributed by atoms with Crippen molar-refractivity contribution in [2.24, 2.45) is 0 Å². The molecule has 0 aromatic carbocycles. The van der Waals surface area contributed by atoms with Gasteiger partial charge in [-0.15, -0.1) is 11.3 Å². The SMILES string of the molecule is O=C(/C=C/c1ccc(Br)s1)c1ccccn1. The van der Waals surface area contributed by atoms with Crippen LogP contribution in [0.5, 0.6) is 0 Å². The van der Waals surface area contributed by atoms with Crippen molar-refractivity contribution in [3.05, 3.63) is 57.0 Å². The second-order valence-electron chi connectivity index (χ2n) is 3.05. The Bertz CT molecular complexity index is 519. The topological polar surface area (TPSA) is 30.0 Å². The lowest BCUT2D eigenvalue weighted by atomic mass is 10.2. The van der Waals surface area contributed by atoms with Crippen LogP contribution in [0.2, 0.25) is 0 Å². The normalized spacial score (nSPS) is 10.8. The highest BCUT2D eigenvalue weighted by Gasteiger charge is 2.01. The first-order valence-electron chi connectivity index (χ1n) is 4.64. The van der Waals surface area contributed by atoms with Crippen molar-refractivity contribution in [3.63, 3.8) is 0 Å². The van der Waals surface area contributed by atoms with Crippen LogP contribution in [0.4, 0.5) is 0 Å². The highest BCUT2D eigenvalue weighted by atomic mass is 79.9. The van der Waals surface area contributed by atoms with Gasteiger partial charge in [0.15, 0.2) is 0 Å². The van der Waals surface area contributed by atoms with Crippen LogP contribution in [0.3, 0.4) is 0 Å². The predicted octanol–water partition coefficient (Wildman–Crippen LogP) is 3.80. The zero-order valence-electron chi connectivity index (χ0n) is 8.26. The van der Waals surface area contributed by atoms with Gasteiger partial charge < -0.3 is 0 Å². The first-order chi connectivity index (χ1) is 7.75. The number of ketones is 1. The van der Waals surface area contributed by atoms with Crippen molar-refractivity contribution in [1.29, 1.82) is 0 Å². The number of hydrogen-bond acceptors (Lipinski definition) is 3. The number of carbonyl (C=O) groups is 1. The monoisotopic (exact) mass is 293 g/mol. The fraction of sp³-hybridized carbons (Fsp3) is 0. The van der Waals surface area contributed by atoms with Crippen molar-refractivity contribution < 1.29 is 4.79 Å². The van der Waals surface area contributed by atoms with Crippen molar-refractivity contribution in [2.75, 3.05) is 0 Å². The number of carbonyl (C=O) groups excluding carboxylic acids is 1. The molecule has 0 aliphatic rings. The molecule has 0 aliphatic heterocycles. The van der Waals surface area contributed by atoms with E-state index in [4.69, 9.17) is 0 Å². The Morgan fingerprint density at radius 1 is 1.31 bits per heavy atom. The van der Waals surface area contributed by atoms with E-state index >= 15 is 0 Å². The lowest BCUT2D eigenvalue weighted by Crippen LogP contribution is -1.96. The molecule has 0 spiro atoms. The summed E-state index contributed by atoms with van der Waals surface area (Å²) in [6.45, 7) is 0. The Morgan fingerprint density at radius 3 is 2.81 bits per heavy atom. The number of halogens is 1. The number of aromatic nitrogens is 1. The van der Waals surface area contributed by atoms with Crippen LogP contribution >= 0.6 is 27.3 Å². The lowest BCUT2D eigenvalue weighted by molar-refractivity contribution is 0.104. The molecular formula is C12H8BrNOS. The summed E-state index contributed by atoms with van der Waals surface area (Å²) in [5.74, 6) is -0.0786. The largest absolute Gasteiger partial charge is 0.288 e. The Kier molecular flexibility index (Phi) is 3.64. The molecule has 0 aliphatic carbocycles. The molecule has 2 aromatic heterocycles. The van der Waals surface area contributed by atoms with E-state index in [9.17, 15) is 4.79 Å². The lowest BCUT2D eigenvalue weighted by Gasteiger charge is -1.91. The number of nitrogens with zero attached hydrogens (tertiary/aromatic N) is 1. The van der Waals surface area contributed by atoms with Crippen molar-refractivity contribution >= 4 is 39.1 Å². The zero-order chi connectivity index (χ0) is 11.4. The third-order valence-electron chi connectivity index (χ3n) is 1.91. The molecule has 0 fully saturated rings.